The number of nitrogen functional groups attached to an aromatic ring is 1. The number of aromatic nitrogens is 1. The van der Waals surface area contributed by atoms with Gasteiger partial charge in [0.1, 0.15) is 0 Å². The quantitative estimate of drug-likeness (QED) is 0.455. The number of amides is 1. The first kappa shape index (κ1) is 12.1. The Kier molecular flexibility index (Phi) is 3.75. The molecule has 1 amide bonds. The summed E-state index contributed by atoms with van der Waals surface area (Å²) in [5.41, 5.74) is 2.26. The molecule has 17 heavy (non-hydrogen) atoms. The van der Waals surface area contributed by atoms with Crippen LogP contribution in [0, 0.1) is 5.92 Å². The average Bonchev–Trinajstić information content (AvgIpc) is 2.80. The molecule has 1 aliphatic rings. The van der Waals surface area contributed by atoms with Gasteiger partial charge in [-0.1, -0.05) is 12.1 Å². The summed E-state index contributed by atoms with van der Waals surface area (Å²) in [6.45, 7) is 5.12. The van der Waals surface area contributed by atoms with Crippen molar-refractivity contribution in [3.63, 3.8) is 0 Å². The van der Waals surface area contributed by atoms with Crippen LogP contribution in [0.4, 0.5) is 0 Å². The van der Waals surface area contributed by atoms with Crippen molar-refractivity contribution in [2.24, 2.45) is 11.8 Å². The fourth-order valence-electron chi connectivity index (χ4n) is 2.01. The smallest absolute Gasteiger partial charge is 0.287 e. The van der Waals surface area contributed by atoms with E-state index in [2.05, 4.69) is 17.0 Å². The van der Waals surface area contributed by atoms with E-state index in [1.54, 1.807) is 6.07 Å². The number of nitrogens with zero attached hydrogens (tertiary/aromatic N) is 2. The molecule has 0 radical (unpaired) electrons. The van der Waals surface area contributed by atoms with E-state index < -0.39 is 5.91 Å². The number of likely N-dealkylation sites (tertiary alicyclic amines) is 1. The van der Waals surface area contributed by atoms with E-state index in [0.29, 0.717) is 12.3 Å². The van der Waals surface area contributed by atoms with Crippen LogP contribution in [-0.2, 0) is 6.54 Å². The van der Waals surface area contributed by atoms with Crippen LogP contribution in [-0.4, -0.2) is 29.1 Å². The van der Waals surface area contributed by atoms with Crippen LogP contribution in [0.2, 0.25) is 0 Å². The molecule has 6 nitrogen and oxygen atoms in total. The normalized spacial score (nSPS) is 18.2. The number of piperidine rings is 1. The molecular weight excluding hydrogens is 220 g/mol. The van der Waals surface area contributed by atoms with Crippen LogP contribution < -0.4 is 11.3 Å². The maximum absolute atomic E-state index is 11.2. The van der Waals surface area contributed by atoms with Gasteiger partial charge in [-0.2, -0.15) is 0 Å². The van der Waals surface area contributed by atoms with Crippen LogP contribution in [0.15, 0.2) is 10.6 Å². The molecule has 6 heteroatoms. The summed E-state index contributed by atoms with van der Waals surface area (Å²) < 4.78 is 5.11. The van der Waals surface area contributed by atoms with Gasteiger partial charge in [0.25, 0.3) is 5.91 Å². The van der Waals surface area contributed by atoms with E-state index in [1.165, 1.54) is 12.8 Å². The SMILES string of the molecule is CC1CCN(Cc2cc(C(=O)NN)no2)CC1. The lowest BCUT2D eigenvalue weighted by Gasteiger charge is -2.29. The van der Waals surface area contributed by atoms with Gasteiger partial charge in [0.15, 0.2) is 11.5 Å². The summed E-state index contributed by atoms with van der Waals surface area (Å²) >= 11 is 0. The summed E-state index contributed by atoms with van der Waals surface area (Å²) in [4.78, 5) is 13.5. The van der Waals surface area contributed by atoms with Crippen molar-refractivity contribution in [2.45, 2.75) is 26.3 Å². The standard InChI is InChI=1S/C11H18N4O2/c1-8-2-4-15(5-3-8)7-9-6-10(14-17-9)11(16)13-12/h6,8H,2-5,7,12H2,1H3,(H,13,16). The molecule has 0 aromatic carbocycles. The van der Waals surface area contributed by atoms with Crippen molar-refractivity contribution in [1.82, 2.24) is 15.5 Å². The topological polar surface area (TPSA) is 84.4 Å². The summed E-state index contributed by atoms with van der Waals surface area (Å²) in [7, 11) is 0. The molecule has 0 bridgehead atoms. The Balaban J connectivity index is 1.90. The first-order valence-corrected chi connectivity index (χ1v) is 5.88. The Morgan fingerprint density at radius 1 is 1.65 bits per heavy atom. The van der Waals surface area contributed by atoms with E-state index in [9.17, 15) is 4.79 Å². The minimum Gasteiger partial charge on any atom is -0.359 e. The number of carbonyl (C=O) groups is 1. The van der Waals surface area contributed by atoms with E-state index in [-0.39, 0.29) is 5.69 Å². The molecule has 1 saturated heterocycles. The van der Waals surface area contributed by atoms with Crippen molar-refractivity contribution >= 4 is 5.91 Å². The number of carbonyl (C=O) groups excluding carboxylic acids is 1. The molecule has 2 heterocycles. The third-order valence-corrected chi connectivity index (χ3v) is 3.18. The Morgan fingerprint density at radius 3 is 3.00 bits per heavy atom. The molecule has 1 aliphatic heterocycles. The number of hydrogen-bond acceptors (Lipinski definition) is 5. The van der Waals surface area contributed by atoms with E-state index in [1.807, 2.05) is 5.43 Å². The van der Waals surface area contributed by atoms with Crippen LogP contribution in [0.5, 0.6) is 0 Å². The predicted molar refractivity (Wildman–Crippen MR) is 61.8 cm³/mol. The maximum Gasteiger partial charge on any atom is 0.287 e. The van der Waals surface area contributed by atoms with E-state index in [0.717, 1.165) is 19.0 Å². The van der Waals surface area contributed by atoms with Crippen molar-refractivity contribution in [3.8, 4) is 0 Å². The minimum atomic E-state index is -0.424. The summed E-state index contributed by atoms with van der Waals surface area (Å²) in [5.74, 6) is 6.11. The second-order valence-corrected chi connectivity index (χ2v) is 4.61. The lowest BCUT2D eigenvalue weighted by atomic mass is 9.99. The zero-order valence-electron chi connectivity index (χ0n) is 9.98. The lowest BCUT2D eigenvalue weighted by molar-refractivity contribution is 0.0944. The Hall–Kier alpha value is -1.40. The number of nitrogens with two attached hydrogens (primary N) is 1. The Bertz CT molecular complexity index is 383. The van der Waals surface area contributed by atoms with Crippen LogP contribution in [0.3, 0.4) is 0 Å². The van der Waals surface area contributed by atoms with Gasteiger partial charge in [-0.05, 0) is 31.8 Å². The van der Waals surface area contributed by atoms with E-state index >= 15 is 0 Å². The van der Waals surface area contributed by atoms with Crippen LogP contribution >= 0.6 is 0 Å². The molecular formula is C11H18N4O2. The number of hydrogen-bond donors (Lipinski definition) is 2. The molecule has 0 atom stereocenters. The van der Waals surface area contributed by atoms with Gasteiger partial charge in [-0.25, -0.2) is 5.84 Å². The minimum absolute atomic E-state index is 0.230. The average molecular weight is 238 g/mol. The fourth-order valence-corrected chi connectivity index (χ4v) is 2.01. The number of rotatable bonds is 3. The Morgan fingerprint density at radius 2 is 2.35 bits per heavy atom. The third kappa shape index (κ3) is 3.04. The first-order valence-electron chi connectivity index (χ1n) is 5.88. The molecule has 1 fully saturated rings. The molecule has 94 valence electrons. The van der Waals surface area contributed by atoms with Crippen molar-refractivity contribution < 1.29 is 9.32 Å². The number of hydrazine groups is 1. The third-order valence-electron chi connectivity index (χ3n) is 3.18. The van der Waals surface area contributed by atoms with Crippen molar-refractivity contribution in [3.05, 3.63) is 17.5 Å². The number of nitrogens with one attached hydrogen (secondary N) is 1. The zero-order chi connectivity index (χ0) is 12.3. The second kappa shape index (κ2) is 5.29. The molecule has 1 aromatic heterocycles. The molecule has 0 aliphatic carbocycles. The van der Waals surface area contributed by atoms with Crippen LogP contribution in [0.1, 0.15) is 36.0 Å². The highest BCUT2D eigenvalue weighted by Gasteiger charge is 2.18. The highest BCUT2D eigenvalue weighted by molar-refractivity contribution is 5.91. The van der Waals surface area contributed by atoms with E-state index in [4.69, 9.17) is 10.4 Å². The maximum atomic E-state index is 11.2. The van der Waals surface area contributed by atoms with Gasteiger partial charge >= 0.3 is 0 Å². The summed E-state index contributed by atoms with van der Waals surface area (Å²) in [5, 5.41) is 3.67. The van der Waals surface area contributed by atoms with Gasteiger partial charge in [0.2, 0.25) is 0 Å². The lowest BCUT2D eigenvalue weighted by Crippen LogP contribution is -2.32. The zero-order valence-corrected chi connectivity index (χ0v) is 9.98. The largest absolute Gasteiger partial charge is 0.359 e. The molecule has 3 N–H and O–H groups in total. The molecule has 0 spiro atoms. The second-order valence-electron chi connectivity index (χ2n) is 4.61. The monoisotopic (exact) mass is 238 g/mol. The predicted octanol–water partition coefficient (Wildman–Crippen LogP) is 0.510. The molecule has 2 rings (SSSR count). The fraction of sp³-hybridized carbons (Fsp3) is 0.636. The highest BCUT2D eigenvalue weighted by Crippen LogP contribution is 2.18. The van der Waals surface area contributed by atoms with Gasteiger partial charge in [0.05, 0.1) is 6.54 Å². The molecule has 1 aromatic rings. The molecule has 0 saturated carbocycles. The van der Waals surface area contributed by atoms with Gasteiger partial charge in [-0.15, -0.1) is 0 Å². The Labute approximate surface area is 100 Å². The molecule has 0 unspecified atom stereocenters. The van der Waals surface area contributed by atoms with Crippen molar-refractivity contribution in [2.75, 3.05) is 13.1 Å². The highest BCUT2D eigenvalue weighted by atomic mass is 16.5. The van der Waals surface area contributed by atoms with Crippen molar-refractivity contribution in [1.29, 1.82) is 0 Å². The van der Waals surface area contributed by atoms with Gasteiger partial charge < -0.3 is 4.52 Å². The van der Waals surface area contributed by atoms with Crippen LogP contribution in [0.25, 0.3) is 0 Å². The summed E-state index contributed by atoms with van der Waals surface area (Å²) in [6.07, 6.45) is 2.43. The summed E-state index contributed by atoms with van der Waals surface area (Å²) in [6, 6.07) is 1.64. The van der Waals surface area contributed by atoms with Gasteiger partial charge in [0, 0.05) is 6.07 Å². The van der Waals surface area contributed by atoms with Gasteiger partial charge in [-0.3, -0.25) is 15.1 Å². The first-order chi connectivity index (χ1) is 8.19.